The highest BCUT2D eigenvalue weighted by atomic mass is 28.4. The minimum atomic E-state index is -2.52. The van der Waals surface area contributed by atoms with E-state index in [0.717, 1.165) is 16.7 Å². The van der Waals surface area contributed by atoms with Crippen LogP contribution in [0.4, 0.5) is 0 Å². The van der Waals surface area contributed by atoms with E-state index in [1.54, 1.807) is 14.0 Å². The van der Waals surface area contributed by atoms with Crippen molar-refractivity contribution in [2.75, 3.05) is 13.7 Å². The molecule has 0 aliphatic carbocycles. The van der Waals surface area contributed by atoms with E-state index in [1.807, 2.05) is 18.2 Å². The van der Waals surface area contributed by atoms with Crippen molar-refractivity contribution in [2.45, 2.75) is 31.2 Å². The number of hydrogen-bond donors (Lipinski definition) is 0. The van der Waals surface area contributed by atoms with E-state index in [0.29, 0.717) is 0 Å². The maximum atomic E-state index is 11.7. The average Bonchev–Trinajstić information content (AvgIpc) is 2.78. The van der Waals surface area contributed by atoms with Gasteiger partial charge in [0, 0.05) is 7.11 Å². The van der Waals surface area contributed by atoms with Gasteiger partial charge in [0.05, 0.1) is 17.7 Å². The fourth-order valence-electron chi connectivity index (χ4n) is 4.40. The Balaban J connectivity index is 2.34. The molecule has 0 aliphatic rings. The standard InChI is InChI=1S/C26H30O3Si/c1-21(27)20-29-30(3,4)25(28-2)26(22-14-8-5-9-15-22,23-16-10-6-11-17-23)24-18-12-7-13-19-24/h5-19,25H,20H2,1-4H3/t25-/m1/s1. The van der Waals surface area contributed by atoms with Crippen molar-refractivity contribution >= 4 is 14.1 Å². The first kappa shape index (κ1) is 22.2. The summed E-state index contributed by atoms with van der Waals surface area (Å²) in [5, 5.41) is 0. The van der Waals surface area contributed by atoms with Crippen LogP contribution in [0.5, 0.6) is 0 Å². The van der Waals surface area contributed by atoms with Crippen LogP contribution in [0.2, 0.25) is 13.1 Å². The molecule has 0 spiro atoms. The molecule has 1 atom stereocenters. The number of ketones is 1. The summed E-state index contributed by atoms with van der Waals surface area (Å²) in [7, 11) is -0.772. The molecule has 0 heterocycles. The van der Waals surface area contributed by atoms with Gasteiger partial charge in [-0.2, -0.15) is 0 Å². The second kappa shape index (κ2) is 9.52. The summed E-state index contributed by atoms with van der Waals surface area (Å²) in [6.45, 7) is 5.93. The number of carbonyl (C=O) groups excluding carboxylic acids is 1. The molecule has 0 amide bonds. The van der Waals surface area contributed by atoms with Gasteiger partial charge in [-0.05, 0) is 36.7 Å². The van der Waals surface area contributed by atoms with Gasteiger partial charge in [-0.3, -0.25) is 4.79 Å². The molecule has 3 aromatic rings. The summed E-state index contributed by atoms with van der Waals surface area (Å²) in [5.74, 6) is 0.0233. The Morgan fingerprint density at radius 3 is 1.47 bits per heavy atom. The highest BCUT2D eigenvalue weighted by Crippen LogP contribution is 2.46. The Labute approximate surface area is 180 Å². The second-order valence-corrected chi connectivity index (χ2v) is 12.1. The number of benzene rings is 3. The summed E-state index contributed by atoms with van der Waals surface area (Å²) >= 11 is 0. The van der Waals surface area contributed by atoms with Crippen LogP contribution in [0.15, 0.2) is 91.0 Å². The van der Waals surface area contributed by atoms with E-state index >= 15 is 0 Å². The lowest BCUT2D eigenvalue weighted by Gasteiger charge is -2.47. The Hall–Kier alpha value is -2.53. The molecule has 0 saturated heterocycles. The van der Waals surface area contributed by atoms with E-state index in [-0.39, 0.29) is 18.1 Å². The lowest BCUT2D eigenvalue weighted by Crippen LogP contribution is -2.59. The van der Waals surface area contributed by atoms with Gasteiger partial charge in [0.15, 0.2) is 5.78 Å². The minimum absolute atomic E-state index is 0.0233. The minimum Gasteiger partial charge on any atom is -0.407 e. The molecule has 0 fully saturated rings. The second-order valence-electron chi connectivity index (χ2n) is 8.12. The summed E-state index contributed by atoms with van der Waals surface area (Å²) in [5.41, 5.74) is 2.57. The third-order valence-electron chi connectivity index (χ3n) is 5.60. The van der Waals surface area contributed by atoms with Gasteiger partial charge in [-0.25, -0.2) is 0 Å². The van der Waals surface area contributed by atoms with Crippen LogP contribution in [0.25, 0.3) is 0 Å². The Morgan fingerprint density at radius 2 is 1.17 bits per heavy atom. The van der Waals surface area contributed by atoms with Gasteiger partial charge in [0.25, 0.3) is 0 Å². The van der Waals surface area contributed by atoms with Crippen molar-refractivity contribution in [2.24, 2.45) is 0 Å². The molecule has 0 N–H and O–H groups in total. The maximum Gasteiger partial charge on any atom is 0.217 e. The zero-order valence-corrected chi connectivity index (χ0v) is 19.2. The molecule has 0 saturated carbocycles. The molecule has 3 aromatic carbocycles. The number of carbonyl (C=O) groups is 1. The first-order valence-electron chi connectivity index (χ1n) is 10.3. The SMILES string of the molecule is CO[C@@H](C(c1ccccc1)(c1ccccc1)c1ccccc1)[Si](C)(C)OCC(C)=O. The van der Waals surface area contributed by atoms with E-state index in [1.165, 1.54) is 0 Å². The zero-order valence-electron chi connectivity index (χ0n) is 18.2. The highest BCUT2D eigenvalue weighted by Gasteiger charge is 2.53. The number of Topliss-reactive ketones (excluding diaryl/α,β-unsaturated/α-hetero) is 1. The first-order valence-corrected chi connectivity index (χ1v) is 13.2. The average molecular weight is 419 g/mol. The molecule has 0 aromatic heterocycles. The number of ether oxygens (including phenoxy) is 1. The summed E-state index contributed by atoms with van der Waals surface area (Å²) in [6, 6.07) is 31.4. The van der Waals surface area contributed by atoms with Crippen molar-refractivity contribution in [3.8, 4) is 0 Å². The quantitative estimate of drug-likeness (QED) is 0.345. The third-order valence-corrected chi connectivity index (χ3v) is 8.42. The predicted molar refractivity (Wildman–Crippen MR) is 124 cm³/mol. The molecule has 3 nitrogen and oxygen atoms in total. The van der Waals surface area contributed by atoms with E-state index in [4.69, 9.17) is 9.16 Å². The monoisotopic (exact) mass is 418 g/mol. The predicted octanol–water partition coefficient (Wildman–Crippen LogP) is 5.39. The molecule has 0 aliphatic heterocycles. The number of methoxy groups -OCH3 is 1. The fraction of sp³-hybridized carbons (Fsp3) is 0.269. The summed E-state index contributed by atoms with van der Waals surface area (Å²) < 4.78 is 12.6. The van der Waals surface area contributed by atoms with Gasteiger partial charge in [0.2, 0.25) is 8.32 Å². The smallest absolute Gasteiger partial charge is 0.217 e. The molecule has 156 valence electrons. The molecule has 3 rings (SSSR count). The largest absolute Gasteiger partial charge is 0.407 e. The van der Waals surface area contributed by atoms with Gasteiger partial charge < -0.3 is 9.16 Å². The van der Waals surface area contributed by atoms with Crippen LogP contribution in [0.3, 0.4) is 0 Å². The first-order chi connectivity index (χ1) is 14.4. The van der Waals surface area contributed by atoms with Crippen LogP contribution in [0, 0.1) is 0 Å². The Morgan fingerprint density at radius 1 is 0.800 bits per heavy atom. The van der Waals surface area contributed by atoms with Gasteiger partial charge in [-0.15, -0.1) is 0 Å². The van der Waals surface area contributed by atoms with Crippen molar-refractivity contribution < 1.29 is 14.0 Å². The van der Waals surface area contributed by atoms with Crippen molar-refractivity contribution in [1.29, 1.82) is 0 Å². The lowest BCUT2D eigenvalue weighted by molar-refractivity contribution is -0.119. The Kier molecular flexibility index (Phi) is 7.03. The van der Waals surface area contributed by atoms with Gasteiger partial charge in [0.1, 0.15) is 0 Å². The summed E-state index contributed by atoms with van der Waals surface area (Å²) in [6.07, 6.45) is 0. The number of rotatable bonds is 9. The van der Waals surface area contributed by atoms with Crippen LogP contribution in [-0.2, 0) is 19.4 Å². The number of hydrogen-bond acceptors (Lipinski definition) is 3. The molecule has 4 heteroatoms. The van der Waals surface area contributed by atoms with Crippen molar-refractivity contribution in [1.82, 2.24) is 0 Å². The van der Waals surface area contributed by atoms with Crippen LogP contribution < -0.4 is 0 Å². The van der Waals surface area contributed by atoms with Crippen LogP contribution in [0.1, 0.15) is 23.6 Å². The van der Waals surface area contributed by atoms with E-state index in [2.05, 4.69) is 85.9 Å². The molecule has 0 radical (unpaired) electrons. The molecular formula is C26H30O3Si. The fourth-order valence-corrected chi connectivity index (χ4v) is 7.24. The third kappa shape index (κ3) is 4.31. The van der Waals surface area contributed by atoms with Crippen molar-refractivity contribution in [3.63, 3.8) is 0 Å². The highest BCUT2D eigenvalue weighted by molar-refractivity contribution is 6.73. The maximum absolute atomic E-state index is 11.7. The van der Waals surface area contributed by atoms with Crippen LogP contribution in [-0.4, -0.2) is 33.5 Å². The summed E-state index contributed by atoms with van der Waals surface area (Å²) in [4.78, 5) is 11.7. The molecule has 0 bridgehead atoms. The normalized spacial score (nSPS) is 13.1. The molecular weight excluding hydrogens is 388 g/mol. The molecule has 0 unspecified atom stereocenters. The topological polar surface area (TPSA) is 35.5 Å². The Bertz CT molecular complexity index is 843. The van der Waals surface area contributed by atoms with E-state index < -0.39 is 13.7 Å². The molecule has 30 heavy (non-hydrogen) atoms. The van der Waals surface area contributed by atoms with Gasteiger partial charge in [-0.1, -0.05) is 91.0 Å². The van der Waals surface area contributed by atoms with Crippen molar-refractivity contribution in [3.05, 3.63) is 108 Å². The zero-order chi connectivity index (χ0) is 21.6. The van der Waals surface area contributed by atoms with Gasteiger partial charge >= 0.3 is 0 Å². The lowest BCUT2D eigenvalue weighted by atomic mass is 9.69. The van der Waals surface area contributed by atoms with Crippen LogP contribution >= 0.6 is 0 Å². The van der Waals surface area contributed by atoms with E-state index in [9.17, 15) is 4.79 Å².